The molecule has 1 rings (SSSR count). The van der Waals surface area contributed by atoms with Crippen molar-refractivity contribution >= 4 is 17.9 Å². The molecule has 0 fully saturated rings. The predicted molar refractivity (Wildman–Crippen MR) is 110 cm³/mol. The van der Waals surface area contributed by atoms with E-state index in [9.17, 15) is 24.6 Å². The molecule has 0 saturated heterocycles. The minimum atomic E-state index is -1.46. The molecule has 0 bridgehead atoms. The molecule has 1 aromatic rings. The molecule has 0 aromatic heterocycles. The largest absolute Gasteiger partial charge is 0.508 e. The van der Waals surface area contributed by atoms with Crippen molar-refractivity contribution in [1.82, 2.24) is 15.5 Å². The summed E-state index contributed by atoms with van der Waals surface area (Å²) in [6.07, 6.45) is 4.59. The van der Waals surface area contributed by atoms with Gasteiger partial charge in [-0.25, -0.2) is 4.79 Å². The quantitative estimate of drug-likeness (QED) is 0.389. The van der Waals surface area contributed by atoms with Gasteiger partial charge in [-0.3, -0.25) is 14.5 Å². The second kappa shape index (κ2) is 10.5. The molecule has 9 nitrogen and oxygen atoms in total. The molecule has 2 unspecified atom stereocenters. The van der Waals surface area contributed by atoms with Gasteiger partial charge in [0.25, 0.3) is 5.91 Å². The van der Waals surface area contributed by atoms with E-state index in [-0.39, 0.29) is 17.4 Å². The second-order valence-electron chi connectivity index (χ2n) is 7.84. The predicted octanol–water partition coefficient (Wildman–Crippen LogP) is 1.26. The van der Waals surface area contributed by atoms with Crippen LogP contribution in [-0.4, -0.2) is 57.3 Å². The Morgan fingerprint density at radius 3 is 2.27 bits per heavy atom. The number of terminal acetylenes is 1. The minimum absolute atomic E-state index is 0.0934. The molecular formula is C21H29N3O6. The van der Waals surface area contributed by atoms with Gasteiger partial charge in [0.15, 0.2) is 6.04 Å². The Labute approximate surface area is 176 Å². The number of para-hydroxylation sites is 1. The number of aromatic hydroxyl groups is 1. The van der Waals surface area contributed by atoms with Crippen LogP contribution in [0.25, 0.3) is 0 Å². The van der Waals surface area contributed by atoms with E-state index in [1.54, 1.807) is 46.8 Å². The van der Waals surface area contributed by atoms with Crippen LogP contribution < -0.4 is 10.6 Å². The molecule has 0 saturated carbocycles. The van der Waals surface area contributed by atoms with Crippen molar-refractivity contribution < 1.29 is 29.3 Å². The zero-order valence-corrected chi connectivity index (χ0v) is 17.8. The van der Waals surface area contributed by atoms with Crippen LogP contribution in [0.2, 0.25) is 0 Å². The first-order valence-corrected chi connectivity index (χ1v) is 9.39. The average molecular weight is 419 g/mol. The number of hydrogen-bond acceptors (Lipinski definition) is 6. The lowest BCUT2D eigenvalue weighted by Crippen LogP contribution is -2.53. The summed E-state index contributed by atoms with van der Waals surface area (Å²) in [5, 5.41) is 24.8. The maximum atomic E-state index is 13.0. The number of nitrogens with zero attached hydrogens (tertiary/aromatic N) is 1. The van der Waals surface area contributed by atoms with Crippen LogP contribution in [0.15, 0.2) is 24.3 Å². The van der Waals surface area contributed by atoms with E-state index in [2.05, 4.69) is 16.7 Å². The number of aliphatic hydroxyl groups excluding tert-OH is 1. The van der Waals surface area contributed by atoms with Crippen LogP contribution in [0.3, 0.4) is 0 Å². The number of carbonyl (C=O) groups is 3. The Kier molecular flexibility index (Phi) is 8.68. The molecule has 0 spiro atoms. The SMILES string of the molecule is C#CN(C(=O)C(CO)NC(=O)OC(C)(C)C)C(C(=O)NC(C)C)c1ccccc1O. The molecule has 30 heavy (non-hydrogen) atoms. The Hall–Kier alpha value is -3.25. The van der Waals surface area contributed by atoms with Gasteiger partial charge >= 0.3 is 6.09 Å². The number of aliphatic hydroxyl groups is 1. The van der Waals surface area contributed by atoms with Crippen LogP contribution in [0.4, 0.5) is 4.79 Å². The molecule has 0 heterocycles. The molecule has 164 valence electrons. The fraction of sp³-hybridized carbons (Fsp3) is 0.476. The lowest BCUT2D eigenvalue weighted by atomic mass is 10.0. The standard InChI is InChI=1S/C21H29N3O6/c1-7-24(19(28)15(12-25)23-20(29)30-21(4,5)6)17(18(27)22-13(2)3)14-10-8-9-11-16(14)26/h1,8-11,13,15,17,25-26H,12H2,2-6H3,(H,22,27)(H,23,29). The molecule has 2 atom stereocenters. The van der Waals surface area contributed by atoms with E-state index >= 15 is 0 Å². The Morgan fingerprint density at radius 2 is 1.80 bits per heavy atom. The van der Waals surface area contributed by atoms with Crippen molar-refractivity contribution in [3.05, 3.63) is 29.8 Å². The maximum Gasteiger partial charge on any atom is 0.408 e. The molecule has 0 aliphatic rings. The number of rotatable bonds is 7. The number of nitrogens with one attached hydrogen (secondary N) is 2. The molecule has 1 aromatic carbocycles. The van der Waals surface area contributed by atoms with Gasteiger partial charge in [0.2, 0.25) is 5.91 Å². The number of carbonyl (C=O) groups excluding carboxylic acids is 3. The van der Waals surface area contributed by atoms with Gasteiger partial charge in [0.1, 0.15) is 17.4 Å². The van der Waals surface area contributed by atoms with Crippen molar-refractivity contribution in [1.29, 1.82) is 0 Å². The topological polar surface area (TPSA) is 128 Å². The molecular weight excluding hydrogens is 390 g/mol. The highest BCUT2D eigenvalue weighted by atomic mass is 16.6. The van der Waals surface area contributed by atoms with Crippen molar-refractivity contribution in [3.63, 3.8) is 0 Å². The molecule has 0 aliphatic carbocycles. The number of ether oxygens (including phenoxy) is 1. The number of alkyl carbamates (subject to hydrolysis) is 1. The molecule has 9 heteroatoms. The van der Waals surface area contributed by atoms with Gasteiger partial charge in [0, 0.05) is 17.6 Å². The van der Waals surface area contributed by atoms with Crippen molar-refractivity contribution in [2.24, 2.45) is 0 Å². The zero-order chi connectivity index (χ0) is 23.1. The van der Waals surface area contributed by atoms with Gasteiger partial charge < -0.3 is 25.6 Å². The third-order valence-electron chi connectivity index (χ3n) is 3.72. The molecule has 0 aliphatic heterocycles. The lowest BCUT2D eigenvalue weighted by Gasteiger charge is -2.30. The number of benzene rings is 1. The van der Waals surface area contributed by atoms with E-state index in [0.29, 0.717) is 0 Å². The van der Waals surface area contributed by atoms with Crippen LogP contribution in [0, 0.1) is 12.5 Å². The molecule has 3 amide bonds. The molecule has 0 radical (unpaired) electrons. The van der Waals surface area contributed by atoms with Gasteiger partial charge in [-0.15, -0.1) is 0 Å². The van der Waals surface area contributed by atoms with Crippen molar-refractivity contribution in [3.8, 4) is 18.2 Å². The van der Waals surface area contributed by atoms with E-state index < -0.39 is 42.2 Å². The first-order chi connectivity index (χ1) is 13.9. The molecule has 4 N–H and O–H groups in total. The third kappa shape index (κ3) is 6.97. The summed E-state index contributed by atoms with van der Waals surface area (Å²) in [5.41, 5.74) is -0.732. The highest BCUT2D eigenvalue weighted by molar-refractivity contribution is 5.93. The van der Waals surface area contributed by atoms with Crippen LogP contribution >= 0.6 is 0 Å². The number of phenols is 1. The first kappa shape index (κ1) is 24.8. The smallest absolute Gasteiger partial charge is 0.408 e. The van der Waals surface area contributed by atoms with Crippen LogP contribution in [0.1, 0.15) is 46.2 Å². The summed E-state index contributed by atoms with van der Waals surface area (Å²) in [6.45, 7) is 7.59. The summed E-state index contributed by atoms with van der Waals surface area (Å²) in [7, 11) is 0. The number of phenolic OH excluding ortho intramolecular Hbond substituents is 1. The average Bonchev–Trinajstić information content (AvgIpc) is 2.62. The monoisotopic (exact) mass is 419 g/mol. The lowest BCUT2D eigenvalue weighted by molar-refractivity contribution is -0.139. The summed E-state index contributed by atoms with van der Waals surface area (Å²) >= 11 is 0. The van der Waals surface area contributed by atoms with Crippen molar-refractivity contribution in [2.45, 2.75) is 58.3 Å². The summed E-state index contributed by atoms with van der Waals surface area (Å²) < 4.78 is 5.10. The summed E-state index contributed by atoms with van der Waals surface area (Å²) in [5.74, 6) is -1.79. The summed E-state index contributed by atoms with van der Waals surface area (Å²) in [6, 6.07) is 4.94. The van der Waals surface area contributed by atoms with Gasteiger partial charge in [0.05, 0.1) is 6.61 Å². The minimum Gasteiger partial charge on any atom is -0.508 e. The van der Waals surface area contributed by atoms with Gasteiger partial charge in [-0.1, -0.05) is 24.6 Å². The third-order valence-corrected chi connectivity index (χ3v) is 3.72. The van der Waals surface area contributed by atoms with Crippen molar-refractivity contribution in [2.75, 3.05) is 6.61 Å². The fourth-order valence-electron chi connectivity index (χ4n) is 2.55. The second-order valence-corrected chi connectivity index (χ2v) is 7.84. The Bertz CT molecular complexity index is 810. The van der Waals surface area contributed by atoms with Gasteiger partial charge in [-0.2, -0.15) is 0 Å². The summed E-state index contributed by atoms with van der Waals surface area (Å²) in [4.78, 5) is 38.6. The normalized spacial score (nSPS) is 13.0. The fourth-order valence-corrected chi connectivity index (χ4v) is 2.55. The first-order valence-electron chi connectivity index (χ1n) is 9.39. The van der Waals surface area contributed by atoms with Crippen LogP contribution in [-0.2, 0) is 14.3 Å². The maximum absolute atomic E-state index is 13.0. The van der Waals surface area contributed by atoms with Crippen LogP contribution in [0.5, 0.6) is 5.75 Å². The number of amides is 3. The highest BCUT2D eigenvalue weighted by Crippen LogP contribution is 2.29. The number of hydrogen-bond donors (Lipinski definition) is 4. The van der Waals surface area contributed by atoms with E-state index in [1.165, 1.54) is 12.1 Å². The Balaban J connectivity index is 3.27. The Morgan fingerprint density at radius 1 is 1.20 bits per heavy atom. The van der Waals surface area contributed by atoms with Gasteiger partial charge in [-0.05, 0) is 40.7 Å². The van der Waals surface area contributed by atoms with E-state index in [1.807, 2.05) is 0 Å². The zero-order valence-electron chi connectivity index (χ0n) is 17.8. The van der Waals surface area contributed by atoms with E-state index in [0.717, 1.165) is 4.90 Å². The van der Waals surface area contributed by atoms with E-state index in [4.69, 9.17) is 11.2 Å². The highest BCUT2D eigenvalue weighted by Gasteiger charge is 2.37.